The topological polar surface area (TPSA) is 46.1 Å². The summed E-state index contributed by atoms with van der Waals surface area (Å²) in [5.74, 6) is 0.101. The lowest BCUT2D eigenvalue weighted by Gasteiger charge is -2.28. The minimum Gasteiger partial charge on any atom is -0.303 e. The summed E-state index contributed by atoms with van der Waals surface area (Å²) in [4.78, 5) is 12.5. The molecule has 0 aliphatic carbocycles. The van der Waals surface area contributed by atoms with Crippen LogP contribution in [-0.4, -0.2) is 22.7 Å². The first-order valence-electron chi connectivity index (χ1n) is 6.80. The minimum atomic E-state index is -0.363. The Bertz CT molecular complexity index is 411. The predicted molar refractivity (Wildman–Crippen MR) is 73.1 cm³/mol. The molecule has 1 aromatic heterocycles. The second-order valence-electron chi connectivity index (χ2n) is 5.25. The van der Waals surface area contributed by atoms with Crippen LogP contribution in [0.1, 0.15) is 44.0 Å². The van der Waals surface area contributed by atoms with Gasteiger partial charge in [-0.1, -0.05) is 13.3 Å². The average Bonchev–Trinajstić information content (AvgIpc) is 2.92. The van der Waals surface area contributed by atoms with Crippen molar-refractivity contribution in [3.8, 4) is 0 Å². The third-order valence-electron chi connectivity index (χ3n) is 3.84. The normalized spacial score (nSPS) is 23.3. The molecule has 1 atom stereocenters. The molecule has 100 valence electrons. The van der Waals surface area contributed by atoms with Gasteiger partial charge >= 0.3 is 0 Å². The van der Waals surface area contributed by atoms with Gasteiger partial charge in [-0.25, -0.2) is 0 Å². The van der Waals surface area contributed by atoms with E-state index in [1.54, 1.807) is 0 Å². The van der Waals surface area contributed by atoms with E-state index < -0.39 is 0 Å². The Balaban J connectivity index is 2.15. The Morgan fingerprint density at radius 1 is 1.44 bits per heavy atom. The quantitative estimate of drug-likeness (QED) is 0.858. The molecule has 2 heterocycles. The largest absolute Gasteiger partial charge is 0.303 e. The fraction of sp³-hybridized carbons (Fsp3) is 0.643. The Morgan fingerprint density at radius 2 is 2.11 bits per heavy atom. The van der Waals surface area contributed by atoms with Crippen LogP contribution in [0.3, 0.4) is 0 Å². The van der Waals surface area contributed by atoms with Gasteiger partial charge in [-0.15, -0.1) is 0 Å². The number of nitrogens with zero attached hydrogens (tertiary/aromatic N) is 1. The van der Waals surface area contributed by atoms with Crippen molar-refractivity contribution in [2.75, 3.05) is 12.0 Å². The first kappa shape index (κ1) is 13.1. The maximum absolute atomic E-state index is 12.5. The van der Waals surface area contributed by atoms with Crippen molar-refractivity contribution in [2.24, 2.45) is 0 Å². The van der Waals surface area contributed by atoms with Gasteiger partial charge in [0.1, 0.15) is 0 Å². The van der Waals surface area contributed by atoms with Crippen LogP contribution in [0, 0.1) is 13.8 Å². The summed E-state index contributed by atoms with van der Waals surface area (Å²) in [7, 11) is 0. The molecule has 2 rings (SSSR count). The summed E-state index contributed by atoms with van der Waals surface area (Å²) in [6.07, 6.45) is 3.94. The molecule has 4 nitrogen and oxygen atoms in total. The van der Waals surface area contributed by atoms with Crippen molar-refractivity contribution >= 4 is 5.91 Å². The molecule has 2 N–H and O–H groups in total. The van der Waals surface area contributed by atoms with Crippen molar-refractivity contribution in [1.29, 1.82) is 0 Å². The summed E-state index contributed by atoms with van der Waals surface area (Å²) < 4.78 is 1.87. The fourth-order valence-corrected chi connectivity index (χ4v) is 2.81. The molecular formula is C14H23N3O. The number of aromatic nitrogens is 1. The molecule has 1 aromatic rings. The predicted octanol–water partition coefficient (Wildman–Crippen LogP) is 2.10. The lowest BCUT2D eigenvalue weighted by molar-refractivity contribution is -0.123. The number of amides is 1. The number of aryl methyl sites for hydroxylation is 2. The van der Waals surface area contributed by atoms with Crippen molar-refractivity contribution in [3.63, 3.8) is 0 Å². The molecule has 1 saturated heterocycles. The Kier molecular flexibility index (Phi) is 3.76. The maximum Gasteiger partial charge on any atom is 0.259 e. The van der Waals surface area contributed by atoms with Crippen molar-refractivity contribution < 1.29 is 4.79 Å². The van der Waals surface area contributed by atoms with Gasteiger partial charge in [0.15, 0.2) is 0 Å². The summed E-state index contributed by atoms with van der Waals surface area (Å²) in [6.45, 7) is 7.07. The van der Waals surface area contributed by atoms with E-state index in [0.29, 0.717) is 0 Å². The summed E-state index contributed by atoms with van der Waals surface area (Å²) >= 11 is 0. The zero-order chi connectivity index (χ0) is 13.2. The van der Waals surface area contributed by atoms with E-state index in [4.69, 9.17) is 0 Å². The monoisotopic (exact) mass is 249 g/mol. The third kappa shape index (κ3) is 2.29. The molecule has 1 fully saturated rings. The molecule has 0 radical (unpaired) electrons. The third-order valence-corrected chi connectivity index (χ3v) is 3.84. The van der Waals surface area contributed by atoms with Crippen molar-refractivity contribution in [1.82, 2.24) is 9.99 Å². The van der Waals surface area contributed by atoms with Crippen LogP contribution in [0.15, 0.2) is 12.1 Å². The molecule has 1 unspecified atom stereocenters. The van der Waals surface area contributed by atoms with Crippen LogP contribution in [-0.2, 0) is 4.79 Å². The molecular weight excluding hydrogens is 226 g/mol. The summed E-state index contributed by atoms with van der Waals surface area (Å²) in [5.41, 5.74) is 4.80. The van der Waals surface area contributed by atoms with Crippen molar-refractivity contribution in [2.45, 2.75) is 52.0 Å². The Morgan fingerprint density at radius 3 is 2.61 bits per heavy atom. The molecule has 0 saturated carbocycles. The van der Waals surface area contributed by atoms with Crippen LogP contribution in [0.4, 0.5) is 0 Å². The van der Waals surface area contributed by atoms with Gasteiger partial charge in [-0.2, -0.15) is 0 Å². The zero-order valence-electron chi connectivity index (χ0n) is 11.5. The lowest BCUT2D eigenvalue weighted by atomic mass is 9.91. The number of hydrogen-bond donors (Lipinski definition) is 2. The molecule has 4 heteroatoms. The maximum atomic E-state index is 12.5. The van der Waals surface area contributed by atoms with Crippen LogP contribution >= 0.6 is 0 Å². The first-order valence-corrected chi connectivity index (χ1v) is 6.80. The van der Waals surface area contributed by atoms with Crippen LogP contribution < -0.4 is 10.7 Å². The van der Waals surface area contributed by atoms with E-state index in [-0.39, 0.29) is 11.4 Å². The van der Waals surface area contributed by atoms with Gasteiger partial charge in [0.2, 0.25) is 0 Å². The highest BCUT2D eigenvalue weighted by Crippen LogP contribution is 2.25. The Labute approximate surface area is 109 Å². The number of hydrogen-bond acceptors (Lipinski definition) is 2. The molecule has 1 aliphatic rings. The fourth-order valence-electron chi connectivity index (χ4n) is 2.81. The summed E-state index contributed by atoms with van der Waals surface area (Å²) in [6, 6.07) is 4.04. The summed E-state index contributed by atoms with van der Waals surface area (Å²) in [5, 5.41) is 3.40. The Hall–Kier alpha value is -1.29. The highest BCUT2D eigenvalue weighted by atomic mass is 16.2. The lowest BCUT2D eigenvalue weighted by Crippen LogP contribution is -2.52. The van der Waals surface area contributed by atoms with Gasteiger partial charge in [-0.3, -0.25) is 14.9 Å². The van der Waals surface area contributed by atoms with E-state index in [2.05, 4.69) is 17.7 Å². The van der Waals surface area contributed by atoms with Crippen molar-refractivity contribution in [3.05, 3.63) is 23.5 Å². The molecule has 0 bridgehead atoms. The molecule has 0 aromatic carbocycles. The first-order chi connectivity index (χ1) is 8.59. The van der Waals surface area contributed by atoms with E-state index in [1.807, 2.05) is 30.7 Å². The average molecular weight is 249 g/mol. The smallest absolute Gasteiger partial charge is 0.259 e. The van der Waals surface area contributed by atoms with E-state index in [9.17, 15) is 4.79 Å². The molecule has 1 amide bonds. The second kappa shape index (κ2) is 5.14. The second-order valence-corrected chi connectivity index (χ2v) is 5.25. The highest BCUT2D eigenvalue weighted by Gasteiger charge is 2.40. The number of rotatable bonds is 4. The highest BCUT2D eigenvalue weighted by molar-refractivity contribution is 5.93. The molecule has 18 heavy (non-hydrogen) atoms. The van der Waals surface area contributed by atoms with Crippen LogP contribution in [0.2, 0.25) is 0 Å². The minimum absolute atomic E-state index is 0.101. The van der Waals surface area contributed by atoms with Gasteiger partial charge in [-0.05, 0) is 51.8 Å². The van der Waals surface area contributed by atoms with Gasteiger partial charge in [0, 0.05) is 11.4 Å². The standard InChI is InChI=1S/C14H23N3O/c1-4-8-14(9-5-10-15-14)13(18)16-17-11(2)6-7-12(17)3/h6-7,15H,4-5,8-10H2,1-3H3,(H,16,18). The van der Waals surface area contributed by atoms with E-state index in [1.165, 1.54) is 0 Å². The van der Waals surface area contributed by atoms with Gasteiger partial charge < -0.3 is 5.32 Å². The van der Waals surface area contributed by atoms with Crippen LogP contribution in [0.5, 0.6) is 0 Å². The number of carbonyl (C=O) groups is 1. The van der Waals surface area contributed by atoms with E-state index in [0.717, 1.165) is 43.6 Å². The zero-order valence-corrected chi connectivity index (χ0v) is 11.5. The molecule has 0 spiro atoms. The number of nitrogens with one attached hydrogen (secondary N) is 2. The van der Waals surface area contributed by atoms with Gasteiger partial charge in [0.05, 0.1) is 5.54 Å². The van der Waals surface area contributed by atoms with Gasteiger partial charge in [0.25, 0.3) is 5.91 Å². The van der Waals surface area contributed by atoms with E-state index >= 15 is 0 Å². The molecule has 1 aliphatic heterocycles. The SMILES string of the molecule is CCCC1(C(=O)Nn2c(C)ccc2C)CCCN1. The number of carbonyl (C=O) groups excluding carboxylic acids is 1. The van der Waals surface area contributed by atoms with Crippen LogP contribution in [0.25, 0.3) is 0 Å².